The first-order valence-electron chi connectivity index (χ1n) is 9.53. The van der Waals surface area contributed by atoms with Gasteiger partial charge in [-0.3, -0.25) is 4.90 Å². The zero-order chi connectivity index (χ0) is 18.6. The van der Waals surface area contributed by atoms with Gasteiger partial charge in [0.25, 0.3) is 0 Å². The van der Waals surface area contributed by atoms with Gasteiger partial charge in [0.1, 0.15) is 0 Å². The van der Waals surface area contributed by atoms with Gasteiger partial charge in [-0.05, 0) is 43.4 Å². The fraction of sp³-hybridized carbons (Fsp3) is 0.364. The van der Waals surface area contributed by atoms with E-state index >= 15 is 0 Å². The van der Waals surface area contributed by atoms with E-state index < -0.39 is 5.60 Å². The summed E-state index contributed by atoms with van der Waals surface area (Å²) in [6, 6.07) is 14.7. The number of hydrogen-bond acceptors (Lipinski definition) is 2. The smallest absolute Gasteiger partial charge is 0.0941 e. The highest BCUT2D eigenvalue weighted by Crippen LogP contribution is 2.48. The molecule has 2 aromatic carbocycles. The first-order chi connectivity index (χ1) is 13.0. The first kappa shape index (κ1) is 17.6. The minimum atomic E-state index is -0.898. The number of H-pyrrole nitrogens is 1. The van der Waals surface area contributed by atoms with E-state index in [1.165, 1.54) is 16.5 Å². The third-order valence-electron chi connectivity index (χ3n) is 6.40. The lowest BCUT2D eigenvalue weighted by Crippen LogP contribution is -2.49. The Labute approximate surface area is 168 Å². The number of nitrogens with zero attached hydrogens (tertiary/aromatic N) is 1. The largest absolute Gasteiger partial charge is 0.385 e. The summed E-state index contributed by atoms with van der Waals surface area (Å²) in [6.45, 7) is 0.915. The van der Waals surface area contributed by atoms with E-state index in [2.05, 4.69) is 40.3 Å². The van der Waals surface area contributed by atoms with Crippen molar-refractivity contribution in [3.63, 3.8) is 0 Å². The van der Waals surface area contributed by atoms with Crippen LogP contribution in [0.1, 0.15) is 36.8 Å². The quantitative estimate of drug-likeness (QED) is 0.609. The molecule has 3 atom stereocenters. The molecule has 1 aromatic heterocycles. The SMILES string of the molecule is OC1(c2cccc(Cl)c2Cl)C[C@H]2CC[C@@H](C1)N2Cc1c[nH]c2ccccc12. The van der Waals surface area contributed by atoms with E-state index in [4.69, 9.17) is 23.2 Å². The first-order valence-corrected chi connectivity index (χ1v) is 10.3. The lowest BCUT2D eigenvalue weighted by atomic mass is 9.80. The number of halogens is 2. The van der Waals surface area contributed by atoms with Crippen LogP contribution >= 0.6 is 23.2 Å². The molecule has 2 aliphatic heterocycles. The van der Waals surface area contributed by atoms with Crippen LogP contribution in [0.25, 0.3) is 10.9 Å². The van der Waals surface area contributed by atoms with Crippen LogP contribution in [0.3, 0.4) is 0 Å². The van der Waals surface area contributed by atoms with Gasteiger partial charge in [0, 0.05) is 41.3 Å². The molecule has 0 radical (unpaired) electrons. The Morgan fingerprint density at radius 1 is 1.04 bits per heavy atom. The van der Waals surface area contributed by atoms with Crippen LogP contribution in [0.15, 0.2) is 48.7 Å². The predicted octanol–water partition coefficient (Wildman–Crippen LogP) is 5.49. The van der Waals surface area contributed by atoms with Gasteiger partial charge in [-0.15, -0.1) is 0 Å². The summed E-state index contributed by atoms with van der Waals surface area (Å²) in [4.78, 5) is 5.95. The van der Waals surface area contributed by atoms with Crippen LogP contribution in [0, 0.1) is 0 Å². The van der Waals surface area contributed by atoms with E-state index in [1.807, 2.05) is 12.1 Å². The van der Waals surface area contributed by atoms with E-state index in [9.17, 15) is 5.11 Å². The van der Waals surface area contributed by atoms with E-state index in [1.54, 1.807) is 6.07 Å². The van der Waals surface area contributed by atoms with Crippen molar-refractivity contribution in [3.8, 4) is 0 Å². The van der Waals surface area contributed by atoms with Gasteiger partial charge in [-0.2, -0.15) is 0 Å². The molecule has 0 saturated carbocycles. The number of nitrogens with one attached hydrogen (secondary N) is 1. The molecule has 5 rings (SSSR count). The van der Waals surface area contributed by atoms with Crippen molar-refractivity contribution in [1.29, 1.82) is 0 Å². The molecular formula is C22H22Cl2N2O. The number of aromatic nitrogens is 1. The number of aliphatic hydroxyl groups is 1. The lowest BCUT2D eigenvalue weighted by molar-refractivity contribution is -0.0593. The zero-order valence-electron chi connectivity index (χ0n) is 15.0. The monoisotopic (exact) mass is 400 g/mol. The van der Waals surface area contributed by atoms with Crippen molar-refractivity contribution < 1.29 is 5.11 Å². The standard InChI is InChI=1S/C22H22Cl2N2O/c23-19-6-3-5-18(21(19)24)22(27)10-15-8-9-16(11-22)26(15)13-14-12-25-20-7-2-1-4-17(14)20/h1-7,12,15-16,25,27H,8-11,13H2/t15-,16+,22?. The summed E-state index contributed by atoms with van der Waals surface area (Å²) in [5.74, 6) is 0. The molecule has 140 valence electrons. The van der Waals surface area contributed by atoms with Crippen LogP contribution in [0.4, 0.5) is 0 Å². The Bertz CT molecular complexity index is 985. The highest BCUT2D eigenvalue weighted by atomic mass is 35.5. The molecule has 27 heavy (non-hydrogen) atoms. The van der Waals surface area contributed by atoms with Gasteiger partial charge in [0.05, 0.1) is 15.6 Å². The molecule has 0 aliphatic carbocycles. The molecule has 3 aromatic rings. The topological polar surface area (TPSA) is 39.3 Å². The molecule has 2 bridgehead atoms. The minimum absolute atomic E-state index is 0.359. The van der Waals surface area contributed by atoms with Gasteiger partial charge >= 0.3 is 0 Å². The second-order valence-corrected chi connectivity index (χ2v) is 8.74. The lowest BCUT2D eigenvalue weighted by Gasteiger charge is -2.44. The fourth-order valence-corrected chi connectivity index (χ4v) is 5.59. The van der Waals surface area contributed by atoms with Gasteiger partial charge in [0.15, 0.2) is 0 Å². The Morgan fingerprint density at radius 2 is 1.78 bits per heavy atom. The van der Waals surface area contributed by atoms with Crippen LogP contribution in [0.5, 0.6) is 0 Å². The second kappa shape index (κ2) is 6.52. The second-order valence-electron chi connectivity index (χ2n) is 7.96. The number of hydrogen-bond donors (Lipinski definition) is 2. The van der Waals surface area contributed by atoms with E-state index in [0.717, 1.165) is 24.9 Å². The number of fused-ring (bicyclic) bond motifs is 3. The Balaban J connectivity index is 1.43. The number of aromatic amines is 1. The third-order valence-corrected chi connectivity index (χ3v) is 7.22. The summed E-state index contributed by atoms with van der Waals surface area (Å²) in [5, 5.41) is 13.8. The molecule has 2 N–H and O–H groups in total. The Kier molecular flexibility index (Phi) is 4.25. The van der Waals surface area contributed by atoms with Gasteiger partial charge < -0.3 is 10.1 Å². The summed E-state index contributed by atoms with van der Waals surface area (Å²) < 4.78 is 0. The highest BCUT2D eigenvalue weighted by Gasteiger charge is 2.49. The average molecular weight is 401 g/mol. The van der Waals surface area contributed by atoms with Gasteiger partial charge in [0.2, 0.25) is 0 Å². The Hall–Kier alpha value is -1.52. The molecule has 3 heterocycles. The van der Waals surface area contributed by atoms with Crippen molar-refractivity contribution in [2.75, 3.05) is 0 Å². The number of piperidine rings is 1. The number of benzene rings is 2. The summed E-state index contributed by atoms with van der Waals surface area (Å²) in [5.41, 5.74) is 2.39. The molecule has 0 spiro atoms. The van der Waals surface area contributed by atoms with Gasteiger partial charge in [-0.1, -0.05) is 53.5 Å². The summed E-state index contributed by atoms with van der Waals surface area (Å²) in [7, 11) is 0. The zero-order valence-corrected chi connectivity index (χ0v) is 16.5. The Morgan fingerprint density at radius 3 is 2.56 bits per heavy atom. The molecule has 1 unspecified atom stereocenters. The third kappa shape index (κ3) is 2.89. The maximum absolute atomic E-state index is 11.5. The normalized spacial score (nSPS) is 28.1. The van der Waals surface area contributed by atoms with Crippen molar-refractivity contribution in [3.05, 3.63) is 69.8 Å². The van der Waals surface area contributed by atoms with Crippen molar-refractivity contribution in [2.45, 2.75) is 49.9 Å². The molecule has 3 nitrogen and oxygen atoms in total. The molecule has 2 aliphatic rings. The molecular weight excluding hydrogens is 379 g/mol. The van der Waals surface area contributed by atoms with Gasteiger partial charge in [-0.25, -0.2) is 0 Å². The van der Waals surface area contributed by atoms with Crippen LogP contribution in [-0.2, 0) is 12.1 Å². The molecule has 2 fully saturated rings. The maximum Gasteiger partial charge on any atom is 0.0941 e. The van der Waals surface area contributed by atoms with Crippen molar-refractivity contribution >= 4 is 34.1 Å². The molecule has 2 saturated heterocycles. The molecule has 0 amide bonds. The minimum Gasteiger partial charge on any atom is -0.385 e. The fourth-order valence-electron chi connectivity index (χ4n) is 5.12. The average Bonchev–Trinajstić information content (AvgIpc) is 3.17. The van der Waals surface area contributed by atoms with E-state index in [0.29, 0.717) is 35.0 Å². The van der Waals surface area contributed by atoms with Crippen LogP contribution < -0.4 is 0 Å². The van der Waals surface area contributed by atoms with Crippen molar-refractivity contribution in [1.82, 2.24) is 9.88 Å². The predicted molar refractivity (Wildman–Crippen MR) is 110 cm³/mol. The van der Waals surface area contributed by atoms with E-state index in [-0.39, 0.29) is 0 Å². The maximum atomic E-state index is 11.5. The highest BCUT2D eigenvalue weighted by molar-refractivity contribution is 6.42. The summed E-state index contributed by atoms with van der Waals surface area (Å²) >= 11 is 12.6. The van der Waals surface area contributed by atoms with Crippen LogP contribution in [-0.4, -0.2) is 27.1 Å². The summed E-state index contributed by atoms with van der Waals surface area (Å²) in [6.07, 6.45) is 5.76. The number of para-hydroxylation sites is 1. The number of rotatable bonds is 3. The molecule has 5 heteroatoms. The van der Waals surface area contributed by atoms with Crippen LogP contribution in [0.2, 0.25) is 10.0 Å². The van der Waals surface area contributed by atoms with Crippen molar-refractivity contribution in [2.24, 2.45) is 0 Å².